The molecule has 0 aliphatic carbocycles. The maximum absolute atomic E-state index is 12.1. The lowest BCUT2D eigenvalue weighted by atomic mass is 10.0. The Kier molecular flexibility index (Phi) is 5.31. The van der Waals surface area contributed by atoms with Crippen LogP contribution in [0.5, 0.6) is 0 Å². The molecule has 0 bridgehead atoms. The van der Waals surface area contributed by atoms with E-state index in [4.69, 9.17) is 5.11 Å². The predicted octanol–water partition coefficient (Wildman–Crippen LogP) is 2.03. The van der Waals surface area contributed by atoms with Crippen LogP contribution in [0.1, 0.15) is 46.0 Å². The van der Waals surface area contributed by atoms with Gasteiger partial charge in [-0.05, 0) is 31.9 Å². The largest absolute Gasteiger partial charge is 0.481 e. The van der Waals surface area contributed by atoms with Gasteiger partial charge in [0, 0.05) is 6.04 Å². The highest BCUT2D eigenvalue weighted by Crippen LogP contribution is 2.37. The molecule has 2 unspecified atom stereocenters. The molecule has 2 N–H and O–H groups in total. The van der Waals surface area contributed by atoms with Gasteiger partial charge in [0.15, 0.2) is 0 Å². The lowest BCUT2D eigenvalue weighted by Gasteiger charge is -2.25. The Hall–Kier alpha value is -0.710. The summed E-state index contributed by atoms with van der Waals surface area (Å²) in [6.45, 7) is 3.94. The Morgan fingerprint density at radius 2 is 2.24 bits per heavy atom. The Morgan fingerprint density at radius 1 is 1.53 bits per heavy atom. The molecule has 0 spiro atoms. The van der Waals surface area contributed by atoms with E-state index in [1.165, 1.54) is 0 Å². The Balaban J connectivity index is 2.53. The number of carboxylic acid groups (broad SMARTS) is 1. The van der Waals surface area contributed by atoms with Crippen LogP contribution in [0.4, 0.5) is 0 Å². The molecule has 1 fully saturated rings. The molecule has 0 aromatic rings. The van der Waals surface area contributed by atoms with Crippen LogP contribution in [-0.4, -0.2) is 33.5 Å². The minimum atomic E-state index is -0.854. The van der Waals surface area contributed by atoms with E-state index in [1.807, 2.05) is 13.8 Å². The smallest absolute Gasteiger partial charge is 0.305 e. The summed E-state index contributed by atoms with van der Waals surface area (Å²) in [5, 5.41) is 11.7. The number of carbonyl (C=O) groups excluding carboxylic acids is 1. The third-order valence-corrected chi connectivity index (χ3v) is 4.61. The second-order valence-corrected chi connectivity index (χ2v) is 6.34. The van der Waals surface area contributed by atoms with Crippen molar-refractivity contribution in [1.82, 2.24) is 5.32 Å². The zero-order valence-corrected chi connectivity index (χ0v) is 11.3. The van der Waals surface area contributed by atoms with Gasteiger partial charge in [0.2, 0.25) is 5.91 Å². The molecule has 17 heavy (non-hydrogen) atoms. The van der Waals surface area contributed by atoms with Crippen LogP contribution in [0.25, 0.3) is 0 Å². The van der Waals surface area contributed by atoms with E-state index in [9.17, 15) is 9.59 Å². The average molecular weight is 259 g/mol. The number of amides is 1. The maximum Gasteiger partial charge on any atom is 0.305 e. The highest BCUT2D eigenvalue weighted by molar-refractivity contribution is 8.01. The molecule has 1 aliphatic rings. The summed E-state index contributed by atoms with van der Waals surface area (Å²) < 4.78 is -0.357. The molecule has 1 heterocycles. The van der Waals surface area contributed by atoms with E-state index in [0.29, 0.717) is 0 Å². The minimum Gasteiger partial charge on any atom is -0.481 e. The lowest BCUT2D eigenvalue weighted by Crippen LogP contribution is -2.46. The van der Waals surface area contributed by atoms with Crippen molar-refractivity contribution in [3.8, 4) is 0 Å². The zero-order chi connectivity index (χ0) is 12.9. The summed E-state index contributed by atoms with van der Waals surface area (Å²) in [7, 11) is 0. The Labute approximate surface area is 107 Å². The van der Waals surface area contributed by atoms with Gasteiger partial charge in [0.05, 0.1) is 11.2 Å². The molecule has 0 aromatic heterocycles. The minimum absolute atomic E-state index is 0.000278. The molecule has 2 atom stereocenters. The summed E-state index contributed by atoms with van der Waals surface area (Å²) in [6.07, 6.45) is 3.56. The highest BCUT2D eigenvalue weighted by Gasteiger charge is 2.38. The van der Waals surface area contributed by atoms with Gasteiger partial charge in [-0.1, -0.05) is 13.3 Å². The average Bonchev–Trinajstić information content (AvgIpc) is 2.66. The second-order valence-electron chi connectivity index (χ2n) is 4.74. The van der Waals surface area contributed by atoms with Crippen LogP contribution in [0.15, 0.2) is 0 Å². The fraction of sp³-hybridized carbons (Fsp3) is 0.833. The van der Waals surface area contributed by atoms with Crippen molar-refractivity contribution >= 4 is 23.6 Å². The normalized spacial score (nSPS) is 25.5. The fourth-order valence-electron chi connectivity index (χ4n) is 2.08. The van der Waals surface area contributed by atoms with Crippen molar-refractivity contribution in [3.05, 3.63) is 0 Å². The molecule has 1 rings (SSSR count). The van der Waals surface area contributed by atoms with E-state index in [2.05, 4.69) is 5.32 Å². The molecule has 1 amide bonds. The van der Waals surface area contributed by atoms with Gasteiger partial charge in [-0.15, -0.1) is 11.8 Å². The SMILES string of the molecule is CCCC(CC(=O)O)NC(=O)C1(C)CCCS1. The van der Waals surface area contributed by atoms with Crippen LogP contribution < -0.4 is 5.32 Å². The van der Waals surface area contributed by atoms with E-state index in [-0.39, 0.29) is 23.1 Å². The molecule has 0 radical (unpaired) electrons. The Bertz CT molecular complexity index is 287. The van der Waals surface area contributed by atoms with Gasteiger partial charge in [-0.25, -0.2) is 0 Å². The number of hydrogen-bond donors (Lipinski definition) is 2. The van der Waals surface area contributed by atoms with Crippen LogP contribution in [0, 0.1) is 0 Å². The quantitative estimate of drug-likeness (QED) is 0.766. The second kappa shape index (κ2) is 6.28. The van der Waals surface area contributed by atoms with Crippen LogP contribution in [0.2, 0.25) is 0 Å². The van der Waals surface area contributed by atoms with Gasteiger partial charge in [-0.2, -0.15) is 0 Å². The maximum atomic E-state index is 12.1. The fourth-order valence-corrected chi connectivity index (χ4v) is 3.30. The van der Waals surface area contributed by atoms with Crippen molar-refractivity contribution < 1.29 is 14.7 Å². The third-order valence-electron chi connectivity index (χ3n) is 3.09. The molecule has 4 nitrogen and oxygen atoms in total. The number of nitrogens with one attached hydrogen (secondary N) is 1. The lowest BCUT2D eigenvalue weighted by molar-refractivity contribution is -0.137. The standard InChI is InChI=1S/C12H21NO3S/c1-3-5-9(8-10(14)15)13-11(16)12(2)6-4-7-17-12/h9H,3-8H2,1-2H3,(H,13,16)(H,14,15). The summed E-state index contributed by atoms with van der Waals surface area (Å²) in [5.41, 5.74) is 0. The first-order chi connectivity index (χ1) is 7.98. The van der Waals surface area contributed by atoms with Gasteiger partial charge in [0.25, 0.3) is 0 Å². The molecule has 0 saturated carbocycles. The van der Waals surface area contributed by atoms with E-state index >= 15 is 0 Å². The summed E-state index contributed by atoms with van der Waals surface area (Å²) in [5.74, 6) is 0.161. The topological polar surface area (TPSA) is 66.4 Å². The highest BCUT2D eigenvalue weighted by atomic mass is 32.2. The van der Waals surface area contributed by atoms with Crippen LogP contribution in [0.3, 0.4) is 0 Å². The Morgan fingerprint density at radius 3 is 2.71 bits per heavy atom. The van der Waals surface area contributed by atoms with Gasteiger partial charge < -0.3 is 10.4 Å². The molecule has 1 aliphatic heterocycles. The van der Waals surface area contributed by atoms with Gasteiger partial charge in [-0.3, -0.25) is 9.59 Å². The molecule has 5 heteroatoms. The monoisotopic (exact) mass is 259 g/mol. The van der Waals surface area contributed by atoms with Crippen LogP contribution in [-0.2, 0) is 9.59 Å². The number of carbonyl (C=O) groups is 2. The van der Waals surface area contributed by atoms with E-state index in [0.717, 1.165) is 31.4 Å². The van der Waals surface area contributed by atoms with Crippen molar-refractivity contribution in [2.24, 2.45) is 0 Å². The third kappa shape index (κ3) is 4.22. The number of carboxylic acids is 1. The first-order valence-electron chi connectivity index (χ1n) is 6.14. The van der Waals surface area contributed by atoms with Crippen molar-refractivity contribution in [1.29, 1.82) is 0 Å². The van der Waals surface area contributed by atoms with Crippen molar-refractivity contribution in [3.63, 3.8) is 0 Å². The summed E-state index contributed by atoms with van der Waals surface area (Å²) >= 11 is 1.67. The van der Waals surface area contributed by atoms with Gasteiger partial charge >= 0.3 is 5.97 Å². The van der Waals surface area contributed by atoms with Crippen molar-refractivity contribution in [2.45, 2.75) is 56.7 Å². The molecular weight excluding hydrogens is 238 g/mol. The molecule has 1 saturated heterocycles. The van der Waals surface area contributed by atoms with E-state index < -0.39 is 5.97 Å². The first kappa shape index (κ1) is 14.4. The molecular formula is C12H21NO3S. The number of rotatable bonds is 6. The van der Waals surface area contributed by atoms with Gasteiger partial charge in [0.1, 0.15) is 0 Å². The van der Waals surface area contributed by atoms with Crippen molar-refractivity contribution in [2.75, 3.05) is 5.75 Å². The number of thioether (sulfide) groups is 1. The summed E-state index contributed by atoms with van der Waals surface area (Å²) in [4.78, 5) is 22.8. The van der Waals surface area contributed by atoms with E-state index in [1.54, 1.807) is 11.8 Å². The van der Waals surface area contributed by atoms with Crippen LogP contribution >= 0.6 is 11.8 Å². The molecule has 0 aromatic carbocycles. The zero-order valence-electron chi connectivity index (χ0n) is 10.5. The summed E-state index contributed by atoms with van der Waals surface area (Å²) in [6, 6.07) is -0.233. The molecule has 98 valence electrons. The predicted molar refractivity (Wildman–Crippen MR) is 69.2 cm³/mol. The first-order valence-corrected chi connectivity index (χ1v) is 7.13. The number of aliphatic carboxylic acids is 1. The number of hydrogen-bond acceptors (Lipinski definition) is 3.